The molecule has 1 aliphatic rings. The van der Waals surface area contributed by atoms with E-state index in [-0.39, 0.29) is 12.5 Å². The molecule has 0 radical (unpaired) electrons. The highest BCUT2D eigenvalue weighted by molar-refractivity contribution is 5.85. The van der Waals surface area contributed by atoms with Crippen molar-refractivity contribution in [3.8, 4) is 0 Å². The Morgan fingerprint density at radius 1 is 1.22 bits per heavy atom. The van der Waals surface area contributed by atoms with Crippen LogP contribution in [0.4, 0.5) is 0 Å². The molecule has 0 atom stereocenters. The molecule has 18 heavy (non-hydrogen) atoms. The van der Waals surface area contributed by atoms with E-state index < -0.39 is 0 Å². The third-order valence-electron chi connectivity index (χ3n) is 3.16. The van der Waals surface area contributed by atoms with Gasteiger partial charge in [-0.25, -0.2) is 4.99 Å². The maximum absolute atomic E-state index is 11.4. The van der Waals surface area contributed by atoms with Gasteiger partial charge < -0.3 is 15.5 Å². The first-order chi connectivity index (χ1) is 8.67. The lowest BCUT2D eigenvalue weighted by Gasteiger charge is -2.32. The molecule has 1 aliphatic heterocycles. The quantitative estimate of drug-likeness (QED) is 0.577. The minimum atomic E-state index is -0.0155. The van der Waals surface area contributed by atoms with Crippen LogP contribution in [-0.4, -0.2) is 49.5 Å². The number of rotatable bonds is 4. The Bertz CT molecular complexity index is 283. The minimum absolute atomic E-state index is 0.0155. The molecular formula is C13H26N4O. The highest BCUT2D eigenvalue weighted by Crippen LogP contribution is 2.15. The zero-order valence-corrected chi connectivity index (χ0v) is 11.8. The molecule has 0 aromatic heterocycles. The van der Waals surface area contributed by atoms with Crippen molar-refractivity contribution >= 4 is 11.9 Å². The van der Waals surface area contributed by atoms with Gasteiger partial charge in [-0.05, 0) is 32.6 Å². The summed E-state index contributed by atoms with van der Waals surface area (Å²) < 4.78 is 0. The number of nitrogens with zero attached hydrogens (tertiary/aromatic N) is 2. The van der Waals surface area contributed by atoms with Crippen molar-refractivity contribution in [2.75, 3.05) is 32.7 Å². The number of piperidine rings is 1. The number of likely N-dealkylation sites (N-methyl/N-ethyl adjacent to an activating group) is 1. The first kappa shape index (κ1) is 14.8. The van der Waals surface area contributed by atoms with E-state index in [1.807, 2.05) is 13.8 Å². The molecule has 0 bridgehead atoms. The highest BCUT2D eigenvalue weighted by atomic mass is 16.1. The first-order valence-electron chi connectivity index (χ1n) is 6.97. The number of carbonyl (C=O) groups is 1. The fourth-order valence-electron chi connectivity index (χ4n) is 2.05. The lowest BCUT2D eigenvalue weighted by Crippen LogP contribution is -2.45. The molecule has 2 N–H and O–H groups in total. The van der Waals surface area contributed by atoms with Crippen molar-refractivity contribution < 1.29 is 4.79 Å². The van der Waals surface area contributed by atoms with Gasteiger partial charge in [-0.2, -0.15) is 0 Å². The molecule has 1 heterocycles. The van der Waals surface area contributed by atoms with Crippen LogP contribution in [-0.2, 0) is 4.79 Å². The molecule has 104 valence electrons. The van der Waals surface area contributed by atoms with Crippen molar-refractivity contribution in [1.82, 2.24) is 15.5 Å². The van der Waals surface area contributed by atoms with Crippen LogP contribution in [0.25, 0.3) is 0 Å². The zero-order valence-electron chi connectivity index (χ0n) is 11.8. The van der Waals surface area contributed by atoms with E-state index in [2.05, 4.69) is 27.4 Å². The van der Waals surface area contributed by atoms with Crippen LogP contribution in [0.2, 0.25) is 0 Å². The molecule has 5 heteroatoms. The summed E-state index contributed by atoms with van der Waals surface area (Å²) in [7, 11) is 0. The van der Waals surface area contributed by atoms with Crippen molar-refractivity contribution in [3.05, 3.63) is 0 Å². The molecule has 0 aromatic carbocycles. The number of hydrogen-bond donors (Lipinski definition) is 2. The summed E-state index contributed by atoms with van der Waals surface area (Å²) in [5.41, 5.74) is 0. The Labute approximate surface area is 110 Å². The summed E-state index contributed by atoms with van der Waals surface area (Å²) in [6, 6.07) is 0. The fraction of sp³-hybridized carbons (Fsp3) is 0.846. The molecule has 0 aliphatic carbocycles. The molecule has 1 rings (SSSR count). The summed E-state index contributed by atoms with van der Waals surface area (Å²) in [6.45, 7) is 10.0. The normalized spacial score (nSPS) is 17.7. The Balaban J connectivity index is 2.52. The highest BCUT2D eigenvalue weighted by Gasteiger charge is 2.18. The third-order valence-corrected chi connectivity index (χ3v) is 3.16. The van der Waals surface area contributed by atoms with Crippen LogP contribution in [0.1, 0.15) is 33.6 Å². The Morgan fingerprint density at radius 3 is 2.39 bits per heavy atom. The Morgan fingerprint density at radius 2 is 1.83 bits per heavy atom. The summed E-state index contributed by atoms with van der Waals surface area (Å²) in [5.74, 6) is 1.65. The van der Waals surface area contributed by atoms with E-state index in [0.29, 0.717) is 6.54 Å². The van der Waals surface area contributed by atoms with Crippen molar-refractivity contribution in [2.45, 2.75) is 33.6 Å². The molecule has 1 amide bonds. The standard InChI is InChI=1S/C13H26N4O/c1-4-14-12(18)10-16-13(15-5-2)17-8-6-11(3)7-9-17/h11H,4-10H2,1-3H3,(H,14,18)(H,15,16). The van der Waals surface area contributed by atoms with Gasteiger partial charge in [0.1, 0.15) is 6.54 Å². The number of guanidine groups is 1. The zero-order chi connectivity index (χ0) is 13.4. The average Bonchev–Trinajstić information content (AvgIpc) is 2.36. The number of amides is 1. The van der Waals surface area contributed by atoms with Gasteiger partial charge in [0.25, 0.3) is 0 Å². The van der Waals surface area contributed by atoms with Crippen molar-refractivity contribution in [3.63, 3.8) is 0 Å². The van der Waals surface area contributed by atoms with Crippen LogP contribution in [0.15, 0.2) is 4.99 Å². The molecule has 1 fully saturated rings. The van der Waals surface area contributed by atoms with E-state index in [1.165, 1.54) is 12.8 Å². The van der Waals surface area contributed by atoms with E-state index >= 15 is 0 Å². The lowest BCUT2D eigenvalue weighted by molar-refractivity contribution is -0.119. The van der Waals surface area contributed by atoms with E-state index in [9.17, 15) is 4.79 Å². The monoisotopic (exact) mass is 254 g/mol. The first-order valence-corrected chi connectivity index (χ1v) is 6.97. The largest absolute Gasteiger partial charge is 0.357 e. The minimum Gasteiger partial charge on any atom is -0.357 e. The van der Waals surface area contributed by atoms with E-state index in [4.69, 9.17) is 0 Å². The summed E-state index contributed by atoms with van der Waals surface area (Å²) in [5, 5.41) is 6.02. The second-order valence-electron chi connectivity index (χ2n) is 4.79. The van der Waals surface area contributed by atoms with E-state index in [1.54, 1.807) is 0 Å². The molecule has 0 spiro atoms. The second-order valence-corrected chi connectivity index (χ2v) is 4.79. The Hall–Kier alpha value is -1.26. The maximum Gasteiger partial charge on any atom is 0.241 e. The van der Waals surface area contributed by atoms with Crippen LogP contribution >= 0.6 is 0 Å². The van der Waals surface area contributed by atoms with Gasteiger partial charge >= 0.3 is 0 Å². The predicted molar refractivity (Wildman–Crippen MR) is 74.6 cm³/mol. The Kier molecular flexibility index (Phi) is 6.54. The van der Waals surface area contributed by atoms with Crippen molar-refractivity contribution in [1.29, 1.82) is 0 Å². The topological polar surface area (TPSA) is 56.7 Å². The summed E-state index contributed by atoms with van der Waals surface area (Å²) >= 11 is 0. The van der Waals surface area contributed by atoms with Gasteiger partial charge in [-0.3, -0.25) is 4.79 Å². The van der Waals surface area contributed by atoms with Crippen LogP contribution < -0.4 is 10.6 Å². The van der Waals surface area contributed by atoms with E-state index in [0.717, 1.165) is 31.5 Å². The van der Waals surface area contributed by atoms with Gasteiger partial charge in [-0.1, -0.05) is 6.92 Å². The smallest absolute Gasteiger partial charge is 0.241 e. The third kappa shape index (κ3) is 4.94. The molecule has 1 saturated heterocycles. The summed E-state index contributed by atoms with van der Waals surface area (Å²) in [6.07, 6.45) is 2.40. The molecular weight excluding hydrogens is 228 g/mol. The SMILES string of the molecule is CCNC(=O)CN=C(NCC)N1CCC(C)CC1. The fourth-order valence-corrected chi connectivity index (χ4v) is 2.05. The second kappa shape index (κ2) is 7.95. The molecule has 0 unspecified atom stereocenters. The van der Waals surface area contributed by atoms with Gasteiger partial charge in [-0.15, -0.1) is 0 Å². The lowest BCUT2D eigenvalue weighted by atomic mass is 10.00. The van der Waals surface area contributed by atoms with Crippen LogP contribution in [0, 0.1) is 5.92 Å². The molecule has 0 aromatic rings. The van der Waals surface area contributed by atoms with Crippen LogP contribution in [0.5, 0.6) is 0 Å². The number of hydrogen-bond acceptors (Lipinski definition) is 2. The number of aliphatic imine (C=N–C) groups is 1. The number of carbonyl (C=O) groups excluding carboxylic acids is 1. The number of nitrogens with one attached hydrogen (secondary N) is 2. The molecule has 5 nitrogen and oxygen atoms in total. The maximum atomic E-state index is 11.4. The predicted octanol–water partition coefficient (Wildman–Crippen LogP) is 0.820. The molecule has 0 saturated carbocycles. The van der Waals surface area contributed by atoms with Crippen LogP contribution in [0.3, 0.4) is 0 Å². The van der Waals surface area contributed by atoms with Gasteiger partial charge in [0.2, 0.25) is 5.91 Å². The van der Waals surface area contributed by atoms with Gasteiger partial charge in [0.05, 0.1) is 0 Å². The average molecular weight is 254 g/mol. The number of likely N-dealkylation sites (tertiary alicyclic amines) is 1. The van der Waals surface area contributed by atoms with Gasteiger partial charge in [0, 0.05) is 26.2 Å². The summed E-state index contributed by atoms with van der Waals surface area (Å²) in [4.78, 5) is 18.1. The van der Waals surface area contributed by atoms with Gasteiger partial charge in [0.15, 0.2) is 5.96 Å². The van der Waals surface area contributed by atoms with Crippen molar-refractivity contribution in [2.24, 2.45) is 10.9 Å².